The first-order chi connectivity index (χ1) is 9.10. The molecule has 0 N–H and O–H groups in total. The number of rotatable bonds is 4. The molecule has 0 aliphatic rings. The van der Waals surface area contributed by atoms with Crippen LogP contribution < -0.4 is 0 Å². The molecule has 0 aromatic heterocycles. The van der Waals surface area contributed by atoms with Gasteiger partial charge in [0.25, 0.3) is 0 Å². The molecular weight excluding hydrogens is 310 g/mol. The molecule has 0 saturated carbocycles. The molecule has 0 amide bonds. The summed E-state index contributed by atoms with van der Waals surface area (Å²) >= 11 is 3.48. The van der Waals surface area contributed by atoms with Crippen molar-refractivity contribution >= 4 is 15.9 Å². The molecule has 0 aliphatic carbocycles. The van der Waals surface area contributed by atoms with Crippen LogP contribution in [0.25, 0.3) is 0 Å². The molecule has 1 atom stereocenters. The minimum absolute atomic E-state index is 0.209. The van der Waals surface area contributed by atoms with E-state index in [1.165, 1.54) is 18.2 Å². The maximum Gasteiger partial charge on any atom is 0.123 e. The van der Waals surface area contributed by atoms with Crippen molar-refractivity contribution in [3.63, 3.8) is 0 Å². The largest absolute Gasteiger partial charge is 0.207 e. The Hall–Kier alpha value is -1.22. The summed E-state index contributed by atoms with van der Waals surface area (Å²) in [6.45, 7) is 1.98. The molecule has 2 aromatic carbocycles. The minimum Gasteiger partial charge on any atom is -0.207 e. The van der Waals surface area contributed by atoms with Gasteiger partial charge in [0.05, 0.1) is 0 Å². The third-order valence-electron chi connectivity index (χ3n) is 3.31. The highest BCUT2D eigenvalue weighted by Crippen LogP contribution is 2.25. The lowest BCUT2D eigenvalue weighted by Crippen LogP contribution is -2.06. The van der Waals surface area contributed by atoms with Crippen molar-refractivity contribution in [3.05, 3.63) is 70.8 Å². The van der Waals surface area contributed by atoms with Crippen molar-refractivity contribution in [3.8, 4) is 0 Å². The van der Waals surface area contributed by atoms with Crippen molar-refractivity contribution in [2.24, 2.45) is 0 Å². The van der Waals surface area contributed by atoms with Gasteiger partial charge in [0.2, 0.25) is 0 Å². The molecule has 1 unspecified atom stereocenters. The molecule has 19 heavy (non-hydrogen) atoms. The van der Waals surface area contributed by atoms with Gasteiger partial charge in [0, 0.05) is 5.33 Å². The standard InChI is InChI=1S/C16H15BrF2/c1-11-2-5-16(19)9-13(11)8-14(10-17)12-3-6-15(18)7-4-12/h2-7,9,14H,8,10H2,1H3. The molecule has 100 valence electrons. The van der Waals surface area contributed by atoms with Crippen LogP contribution in [-0.2, 0) is 6.42 Å². The number of aryl methyl sites for hydroxylation is 1. The van der Waals surface area contributed by atoms with Gasteiger partial charge in [-0.2, -0.15) is 0 Å². The molecule has 3 heteroatoms. The van der Waals surface area contributed by atoms with Crippen molar-refractivity contribution in [1.82, 2.24) is 0 Å². The summed E-state index contributed by atoms with van der Waals surface area (Å²) < 4.78 is 26.2. The average molecular weight is 325 g/mol. The molecule has 0 saturated heterocycles. The molecule has 0 fully saturated rings. The number of halogens is 3. The Kier molecular flexibility index (Phi) is 4.70. The smallest absolute Gasteiger partial charge is 0.123 e. The van der Waals surface area contributed by atoms with Crippen molar-refractivity contribution < 1.29 is 8.78 Å². The summed E-state index contributed by atoms with van der Waals surface area (Å²) in [7, 11) is 0. The van der Waals surface area contributed by atoms with Gasteiger partial charge in [-0.25, -0.2) is 8.78 Å². The Labute approximate surface area is 120 Å². The summed E-state index contributed by atoms with van der Waals surface area (Å²) in [5, 5.41) is 0.759. The fourth-order valence-electron chi connectivity index (χ4n) is 2.12. The highest BCUT2D eigenvalue weighted by Gasteiger charge is 2.13. The summed E-state index contributed by atoms with van der Waals surface area (Å²) in [6, 6.07) is 11.3. The Balaban J connectivity index is 2.23. The van der Waals surface area contributed by atoms with Crippen LogP contribution in [0.4, 0.5) is 8.78 Å². The zero-order valence-electron chi connectivity index (χ0n) is 10.7. The SMILES string of the molecule is Cc1ccc(F)cc1CC(CBr)c1ccc(F)cc1. The van der Waals surface area contributed by atoms with Gasteiger partial charge in [-0.05, 0) is 60.2 Å². The van der Waals surface area contributed by atoms with Crippen molar-refractivity contribution in [2.45, 2.75) is 19.3 Å². The molecule has 0 nitrogen and oxygen atoms in total. The van der Waals surface area contributed by atoms with Crippen LogP contribution in [0.2, 0.25) is 0 Å². The van der Waals surface area contributed by atoms with Gasteiger partial charge in [-0.15, -0.1) is 0 Å². The predicted molar refractivity (Wildman–Crippen MR) is 77.8 cm³/mol. The van der Waals surface area contributed by atoms with E-state index in [4.69, 9.17) is 0 Å². The molecule has 0 bridgehead atoms. The number of hydrogen-bond acceptors (Lipinski definition) is 0. The van der Waals surface area contributed by atoms with E-state index < -0.39 is 0 Å². The number of benzene rings is 2. The topological polar surface area (TPSA) is 0 Å². The van der Waals surface area contributed by atoms with E-state index in [1.54, 1.807) is 24.3 Å². The second kappa shape index (κ2) is 6.29. The normalized spacial score (nSPS) is 12.4. The zero-order chi connectivity index (χ0) is 13.8. The van der Waals surface area contributed by atoms with E-state index in [9.17, 15) is 8.78 Å². The van der Waals surface area contributed by atoms with E-state index in [2.05, 4.69) is 15.9 Å². The highest BCUT2D eigenvalue weighted by atomic mass is 79.9. The second-order valence-electron chi connectivity index (χ2n) is 4.68. The van der Waals surface area contributed by atoms with E-state index >= 15 is 0 Å². The van der Waals surface area contributed by atoms with Crippen LogP contribution >= 0.6 is 15.9 Å². The average Bonchev–Trinajstić information content (AvgIpc) is 2.41. The van der Waals surface area contributed by atoms with Gasteiger partial charge in [0.1, 0.15) is 11.6 Å². The maximum atomic E-state index is 13.3. The minimum atomic E-state index is -0.237. The van der Waals surface area contributed by atoms with E-state index in [1.807, 2.05) is 6.92 Å². The van der Waals surface area contributed by atoms with E-state index in [-0.39, 0.29) is 17.6 Å². The molecular formula is C16H15BrF2. The first-order valence-electron chi connectivity index (χ1n) is 6.16. The van der Waals surface area contributed by atoms with Gasteiger partial charge >= 0.3 is 0 Å². The summed E-state index contributed by atoms with van der Waals surface area (Å²) in [5.74, 6) is -0.242. The fraction of sp³-hybridized carbons (Fsp3) is 0.250. The van der Waals surface area contributed by atoms with Crippen molar-refractivity contribution in [1.29, 1.82) is 0 Å². The van der Waals surface area contributed by atoms with Gasteiger partial charge in [-0.1, -0.05) is 34.1 Å². The van der Waals surface area contributed by atoms with E-state index in [0.29, 0.717) is 0 Å². The van der Waals surface area contributed by atoms with Crippen molar-refractivity contribution in [2.75, 3.05) is 5.33 Å². The lowest BCUT2D eigenvalue weighted by Gasteiger charge is -2.16. The third kappa shape index (κ3) is 3.63. The van der Waals surface area contributed by atoms with Crippen LogP contribution in [0, 0.1) is 18.6 Å². The molecule has 2 rings (SSSR count). The lowest BCUT2D eigenvalue weighted by atomic mass is 9.91. The zero-order valence-corrected chi connectivity index (χ0v) is 12.3. The maximum absolute atomic E-state index is 13.3. The quantitative estimate of drug-likeness (QED) is 0.695. The Bertz CT molecular complexity index is 549. The highest BCUT2D eigenvalue weighted by molar-refractivity contribution is 9.09. The fourth-order valence-corrected chi connectivity index (χ4v) is 2.72. The molecule has 0 aliphatic heterocycles. The number of hydrogen-bond donors (Lipinski definition) is 0. The number of alkyl halides is 1. The first-order valence-corrected chi connectivity index (χ1v) is 7.28. The molecule has 2 aromatic rings. The molecule has 0 heterocycles. The van der Waals surface area contributed by atoms with Crippen LogP contribution in [0.3, 0.4) is 0 Å². The van der Waals surface area contributed by atoms with Gasteiger partial charge in [0.15, 0.2) is 0 Å². The van der Waals surface area contributed by atoms with E-state index in [0.717, 1.165) is 28.4 Å². The first kappa shape index (κ1) is 14.2. The third-order valence-corrected chi connectivity index (χ3v) is 4.09. The van der Waals surface area contributed by atoms with Crippen LogP contribution in [-0.4, -0.2) is 5.33 Å². The summed E-state index contributed by atoms with van der Waals surface area (Å²) in [5.41, 5.74) is 3.13. The van der Waals surface area contributed by atoms with Crippen LogP contribution in [0.15, 0.2) is 42.5 Å². The molecule has 0 radical (unpaired) electrons. The molecule has 0 spiro atoms. The Morgan fingerprint density at radius 3 is 2.26 bits per heavy atom. The summed E-state index contributed by atoms with van der Waals surface area (Å²) in [6.07, 6.45) is 0.737. The summed E-state index contributed by atoms with van der Waals surface area (Å²) in [4.78, 5) is 0. The Morgan fingerprint density at radius 1 is 1.00 bits per heavy atom. The monoisotopic (exact) mass is 324 g/mol. The van der Waals surface area contributed by atoms with Gasteiger partial charge < -0.3 is 0 Å². The predicted octanol–water partition coefficient (Wildman–Crippen LogP) is 4.99. The van der Waals surface area contributed by atoms with Crippen LogP contribution in [0.5, 0.6) is 0 Å². The van der Waals surface area contributed by atoms with Crippen LogP contribution in [0.1, 0.15) is 22.6 Å². The lowest BCUT2D eigenvalue weighted by molar-refractivity contribution is 0.621. The van der Waals surface area contributed by atoms with Gasteiger partial charge in [-0.3, -0.25) is 0 Å². The Morgan fingerprint density at radius 2 is 1.63 bits per heavy atom. The second-order valence-corrected chi connectivity index (χ2v) is 5.33.